The Balaban J connectivity index is 0.000000177. The van der Waals surface area contributed by atoms with Crippen LogP contribution in [0.3, 0.4) is 0 Å². The van der Waals surface area contributed by atoms with E-state index in [-0.39, 0.29) is 0 Å². The minimum absolute atomic E-state index is 1.18. The van der Waals surface area contributed by atoms with Crippen molar-refractivity contribution in [3.8, 4) is 0 Å². The van der Waals surface area contributed by atoms with Crippen molar-refractivity contribution in [3.05, 3.63) is 55.2 Å². The van der Waals surface area contributed by atoms with Crippen molar-refractivity contribution in [3.63, 3.8) is 0 Å². The molecule has 4 aromatic heterocycles. The van der Waals surface area contributed by atoms with Crippen LogP contribution in [-0.4, -0.2) is 27.2 Å². The zero-order valence-electron chi connectivity index (χ0n) is 17.1. The highest BCUT2D eigenvalue weighted by Crippen LogP contribution is 2.23. The van der Waals surface area contributed by atoms with E-state index in [4.69, 9.17) is 0 Å². The second-order valence-corrected chi connectivity index (χ2v) is 12.4. The lowest BCUT2D eigenvalue weighted by Gasteiger charge is -2.28. The Morgan fingerprint density at radius 1 is 0.815 bits per heavy atom. The van der Waals surface area contributed by atoms with Crippen LogP contribution in [0.5, 0.6) is 0 Å². The summed E-state index contributed by atoms with van der Waals surface area (Å²) >= 11 is 0. The van der Waals surface area contributed by atoms with Crippen molar-refractivity contribution in [2.75, 3.05) is 0 Å². The van der Waals surface area contributed by atoms with E-state index in [9.17, 15) is 0 Å². The van der Waals surface area contributed by atoms with Gasteiger partial charge in [-0.3, -0.25) is 9.97 Å². The molecule has 0 N–H and O–H groups in total. The topological polar surface area (TPSA) is 35.6 Å². The van der Waals surface area contributed by atoms with Gasteiger partial charge in [0.15, 0.2) is 0 Å². The fourth-order valence-corrected chi connectivity index (χ4v) is 7.96. The summed E-state index contributed by atoms with van der Waals surface area (Å²) in [4.78, 5) is 8.27. The Morgan fingerprint density at radius 3 is 1.96 bits per heavy atom. The first kappa shape index (κ1) is 19.4. The van der Waals surface area contributed by atoms with Gasteiger partial charge in [-0.25, -0.2) is 0 Å². The predicted molar refractivity (Wildman–Crippen MR) is 118 cm³/mol. The van der Waals surface area contributed by atoms with Gasteiger partial charge >= 0.3 is 0 Å². The molecular formula is C22H30N4Si. The average molecular weight is 379 g/mol. The summed E-state index contributed by atoms with van der Waals surface area (Å²) in [6.07, 6.45) is 9.59. The Kier molecular flexibility index (Phi) is 5.80. The lowest BCUT2D eigenvalue weighted by atomic mass is 10.3. The fraction of sp³-hybridized carbons (Fsp3) is 0.364. The maximum absolute atomic E-state index is 4.24. The van der Waals surface area contributed by atoms with Crippen molar-refractivity contribution in [1.82, 2.24) is 19.1 Å². The first-order valence-corrected chi connectivity index (χ1v) is 12.4. The molecule has 0 aromatic carbocycles. The zero-order chi connectivity index (χ0) is 19.4. The quantitative estimate of drug-likeness (QED) is 0.475. The molecule has 0 fully saturated rings. The summed E-state index contributed by atoms with van der Waals surface area (Å²) in [6.45, 7) is 7.07. The molecule has 0 aliphatic carbocycles. The summed E-state index contributed by atoms with van der Waals surface area (Å²) in [7, 11) is 2.93. The van der Waals surface area contributed by atoms with Gasteiger partial charge in [-0.15, -0.1) is 0 Å². The molecule has 0 aliphatic heterocycles. The van der Waals surface area contributed by atoms with E-state index in [0.717, 1.165) is 0 Å². The van der Waals surface area contributed by atoms with Crippen LogP contribution in [0.4, 0.5) is 0 Å². The summed E-state index contributed by atoms with van der Waals surface area (Å²) in [5.74, 6) is 0. The lowest BCUT2D eigenvalue weighted by molar-refractivity contribution is 0.965. The molecule has 0 radical (unpaired) electrons. The number of aromatic nitrogens is 4. The molecule has 5 heteroatoms. The third-order valence-electron chi connectivity index (χ3n) is 6.11. The maximum atomic E-state index is 4.24. The minimum Gasteiger partial charge on any atom is -0.350 e. The van der Waals surface area contributed by atoms with Crippen molar-refractivity contribution in [1.29, 1.82) is 0 Å². The monoisotopic (exact) mass is 378 g/mol. The first-order chi connectivity index (χ1) is 13.1. The van der Waals surface area contributed by atoms with Crippen molar-refractivity contribution in [2.24, 2.45) is 14.1 Å². The Bertz CT molecular complexity index is 1020. The number of rotatable bonds is 4. The van der Waals surface area contributed by atoms with Crippen LogP contribution in [-0.2, 0) is 14.1 Å². The molecule has 0 unspecified atom stereocenters. The molecule has 0 amide bonds. The van der Waals surface area contributed by atoms with Gasteiger partial charge in [0.1, 0.15) is 8.07 Å². The summed E-state index contributed by atoms with van der Waals surface area (Å²) in [6, 6.07) is 12.6. The molecule has 142 valence electrons. The first-order valence-electron chi connectivity index (χ1n) is 9.81. The maximum Gasteiger partial charge on any atom is 0.107 e. The van der Waals surface area contributed by atoms with E-state index in [1.807, 2.05) is 44.1 Å². The Morgan fingerprint density at radius 2 is 1.41 bits per heavy atom. The van der Waals surface area contributed by atoms with Crippen LogP contribution in [0.15, 0.2) is 55.2 Å². The number of pyridine rings is 2. The van der Waals surface area contributed by atoms with Gasteiger partial charge in [0.2, 0.25) is 0 Å². The largest absolute Gasteiger partial charge is 0.350 e. The molecule has 0 saturated carbocycles. The van der Waals surface area contributed by atoms with Crippen molar-refractivity contribution < 1.29 is 0 Å². The van der Waals surface area contributed by atoms with E-state index < -0.39 is 8.07 Å². The van der Waals surface area contributed by atoms with Gasteiger partial charge in [0, 0.05) is 48.8 Å². The number of aryl methyl sites for hydroxylation is 2. The van der Waals surface area contributed by atoms with Gasteiger partial charge < -0.3 is 9.13 Å². The summed E-state index contributed by atoms with van der Waals surface area (Å²) < 4.78 is 4.44. The van der Waals surface area contributed by atoms with E-state index >= 15 is 0 Å². The van der Waals surface area contributed by atoms with Crippen LogP contribution in [0.25, 0.3) is 21.8 Å². The predicted octanol–water partition coefficient (Wildman–Crippen LogP) is 4.86. The number of fused-ring (bicyclic) bond motifs is 2. The van der Waals surface area contributed by atoms with Gasteiger partial charge in [0.05, 0.1) is 23.4 Å². The number of nitrogens with zero attached hydrogens (tertiary/aromatic N) is 4. The van der Waals surface area contributed by atoms with Gasteiger partial charge in [-0.2, -0.15) is 0 Å². The Labute approximate surface area is 162 Å². The molecule has 0 spiro atoms. The molecule has 27 heavy (non-hydrogen) atoms. The second-order valence-electron chi connectivity index (χ2n) is 7.23. The molecule has 0 atom stereocenters. The molecule has 4 nitrogen and oxygen atoms in total. The highest BCUT2D eigenvalue weighted by atomic mass is 28.3. The van der Waals surface area contributed by atoms with E-state index in [1.54, 1.807) is 5.32 Å². The normalized spacial score (nSPS) is 11.6. The standard InChI is InChI=1S/C14H22N2Si.C8H8N2/c1-5-17(6-2,7-3)14-10-12-8-9-15-11-13(12)16(14)4;1-10-5-3-7-2-4-9-6-8(7)10/h8-11H,5-7H2,1-4H3;2-6H,1H3. The minimum atomic E-state index is -1.29. The van der Waals surface area contributed by atoms with Crippen LogP contribution in [0, 0.1) is 0 Å². The molecule has 4 aromatic rings. The average Bonchev–Trinajstić information content (AvgIpc) is 3.26. The van der Waals surface area contributed by atoms with Crippen molar-refractivity contribution >= 4 is 35.2 Å². The zero-order valence-corrected chi connectivity index (χ0v) is 18.1. The number of hydrogen-bond acceptors (Lipinski definition) is 2. The van der Waals surface area contributed by atoms with E-state index in [0.29, 0.717) is 0 Å². The van der Waals surface area contributed by atoms with Crippen LogP contribution >= 0.6 is 0 Å². The third-order valence-corrected chi connectivity index (χ3v) is 11.7. The highest BCUT2D eigenvalue weighted by molar-refractivity contribution is 6.91. The summed E-state index contributed by atoms with van der Waals surface area (Å²) in [5, 5.41) is 4.18. The second kappa shape index (κ2) is 8.09. The highest BCUT2D eigenvalue weighted by Gasteiger charge is 2.32. The molecule has 0 aliphatic rings. The molecule has 4 rings (SSSR count). The van der Waals surface area contributed by atoms with Crippen LogP contribution in [0.1, 0.15) is 20.8 Å². The third kappa shape index (κ3) is 3.56. The van der Waals surface area contributed by atoms with Crippen LogP contribution < -0.4 is 5.32 Å². The molecule has 0 saturated heterocycles. The molecular weight excluding hydrogens is 348 g/mol. The summed E-state index contributed by atoms with van der Waals surface area (Å²) in [5.41, 5.74) is 2.46. The molecule has 4 heterocycles. The van der Waals surface area contributed by atoms with Gasteiger partial charge in [-0.1, -0.05) is 38.9 Å². The molecule has 0 bridgehead atoms. The van der Waals surface area contributed by atoms with Crippen LogP contribution in [0.2, 0.25) is 18.1 Å². The van der Waals surface area contributed by atoms with Crippen molar-refractivity contribution in [2.45, 2.75) is 38.9 Å². The Hall–Kier alpha value is -2.40. The lowest BCUT2D eigenvalue weighted by Crippen LogP contribution is -2.48. The van der Waals surface area contributed by atoms with Gasteiger partial charge in [0.25, 0.3) is 0 Å². The van der Waals surface area contributed by atoms with E-state index in [1.165, 1.54) is 39.9 Å². The smallest absolute Gasteiger partial charge is 0.107 e. The SMILES string of the molecule is CC[Si](CC)(CC)c1cc2ccncc2n1C.Cn1ccc2ccncc21. The fourth-order valence-electron chi connectivity index (χ4n) is 4.08. The number of hydrogen-bond donors (Lipinski definition) is 0. The van der Waals surface area contributed by atoms with Gasteiger partial charge in [-0.05, 0) is 24.3 Å². The van der Waals surface area contributed by atoms with E-state index in [2.05, 4.69) is 65.1 Å².